The second kappa shape index (κ2) is 16.5. The van der Waals surface area contributed by atoms with E-state index < -0.39 is 17.3 Å². The Morgan fingerprint density at radius 2 is 1.68 bits per heavy atom. The Morgan fingerprint density at radius 3 is 2.41 bits per heavy atom. The molecule has 41 heavy (non-hydrogen) atoms. The van der Waals surface area contributed by atoms with E-state index in [2.05, 4.69) is 48.9 Å². The highest BCUT2D eigenvalue weighted by atomic mass is 16.7. The first-order valence-electron chi connectivity index (χ1n) is 15.7. The molecule has 0 aromatic rings. The average Bonchev–Trinajstić information content (AvgIpc) is 2.88. The molecular formula is C32H57N3O6. The van der Waals surface area contributed by atoms with Gasteiger partial charge in [0.15, 0.2) is 5.79 Å². The van der Waals surface area contributed by atoms with Crippen LogP contribution >= 0.6 is 0 Å². The molecule has 0 bridgehead atoms. The van der Waals surface area contributed by atoms with Gasteiger partial charge in [0.1, 0.15) is 12.2 Å². The molecule has 1 aliphatic heterocycles. The van der Waals surface area contributed by atoms with E-state index in [0.29, 0.717) is 13.0 Å². The van der Waals surface area contributed by atoms with Gasteiger partial charge in [-0.05, 0) is 73.1 Å². The predicted octanol–water partition coefficient (Wildman–Crippen LogP) is 5.91. The fraction of sp³-hybridized carbons (Fsp3) is 0.844. The number of rotatable bonds is 15. The quantitative estimate of drug-likeness (QED) is 0.126. The van der Waals surface area contributed by atoms with Crippen LogP contribution in [0.15, 0.2) is 12.2 Å². The number of allylic oxidation sites excluding steroid dienone is 2. The van der Waals surface area contributed by atoms with Crippen molar-refractivity contribution in [3.05, 3.63) is 12.2 Å². The number of ether oxygens (including phenoxy) is 3. The van der Waals surface area contributed by atoms with Crippen molar-refractivity contribution in [3.63, 3.8) is 0 Å². The van der Waals surface area contributed by atoms with Crippen LogP contribution in [-0.2, 0) is 23.8 Å². The van der Waals surface area contributed by atoms with E-state index in [9.17, 15) is 14.4 Å². The van der Waals surface area contributed by atoms with Crippen molar-refractivity contribution in [1.29, 1.82) is 0 Å². The molecule has 3 amide bonds. The van der Waals surface area contributed by atoms with Crippen LogP contribution in [0.2, 0.25) is 0 Å². The van der Waals surface area contributed by atoms with E-state index in [0.717, 1.165) is 38.5 Å². The standard InChI is InChI=1S/C32H57N3O6/c1-8-9-10-11-12-13-14-17-21-31(4,5)35-29(38)34-24-18-15-16-19-25(24)40-26(36)20-22-33-28(37)27-30(2,3)23-39-32(6,7)41-27/h8-9,24-25,27H,10-23H2,1-7H3,(H,33,37)(H2,34,35,38). The van der Waals surface area contributed by atoms with Crippen LogP contribution in [0.25, 0.3) is 0 Å². The van der Waals surface area contributed by atoms with E-state index in [1.165, 1.54) is 25.7 Å². The Morgan fingerprint density at radius 1 is 1.00 bits per heavy atom. The summed E-state index contributed by atoms with van der Waals surface area (Å²) < 4.78 is 17.3. The maximum atomic E-state index is 12.9. The topological polar surface area (TPSA) is 115 Å². The molecule has 1 saturated heterocycles. The molecule has 0 spiro atoms. The molecule has 2 rings (SSSR count). The number of carbonyl (C=O) groups excluding carboxylic acids is 3. The van der Waals surface area contributed by atoms with Crippen molar-refractivity contribution in [3.8, 4) is 0 Å². The summed E-state index contributed by atoms with van der Waals surface area (Å²) in [6, 6.07) is -0.447. The zero-order chi connectivity index (χ0) is 30.5. The molecule has 9 nitrogen and oxygen atoms in total. The summed E-state index contributed by atoms with van der Waals surface area (Å²) >= 11 is 0. The number of unbranched alkanes of at least 4 members (excludes halogenated alkanes) is 5. The molecule has 0 aromatic carbocycles. The van der Waals surface area contributed by atoms with Gasteiger partial charge < -0.3 is 30.2 Å². The molecule has 9 heteroatoms. The van der Waals surface area contributed by atoms with E-state index >= 15 is 0 Å². The molecule has 2 aliphatic rings. The maximum absolute atomic E-state index is 12.9. The Balaban J connectivity index is 1.72. The summed E-state index contributed by atoms with van der Waals surface area (Å²) in [5, 5.41) is 9.00. The number of amides is 3. The summed E-state index contributed by atoms with van der Waals surface area (Å²) in [5.74, 6) is -1.49. The summed E-state index contributed by atoms with van der Waals surface area (Å²) in [7, 11) is 0. The second-order valence-corrected chi connectivity index (χ2v) is 13.5. The average molecular weight is 580 g/mol. The van der Waals surface area contributed by atoms with Crippen LogP contribution in [0.1, 0.15) is 126 Å². The zero-order valence-electron chi connectivity index (χ0n) is 26.7. The minimum Gasteiger partial charge on any atom is -0.460 e. The fourth-order valence-corrected chi connectivity index (χ4v) is 5.43. The van der Waals surface area contributed by atoms with E-state index in [1.807, 2.05) is 13.8 Å². The predicted molar refractivity (Wildman–Crippen MR) is 161 cm³/mol. The van der Waals surface area contributed by atoms with Crippen molar-refractivity contribution in [2.75, 3.05) is 13.2 Å². The highest BCUT2D eigenvalue weighted by molar-refractivity contribution is 5.82. The third-order valence-electron chi connectivity index (χ3n) is 7.93. The largest absolute Gasteiger partial charge is 0.460 e. The number of nitrogens with one attached hydrogen (secondary N) is 3. The van der Waals surface area contributed by atoms with Gasteiger partial charge in [-0.2, -0.15) is 0 Å². The number of esters is 1. The van der Waals surface area contributed by atoms with Crippen LogP contribution in [0.4, 0.5) is 4.79 Å². The van der Waals surface area contributed by atoms with Crippen LogP contribution in [0, 0.1) is 5.41 Å². The highest BCUT2D eigenvalue weighted by Gasteiger charge is 2.45. The number of urea groups is 1. The summed E-state index contributed by atoms with van der Waals surface area (Å²) in [6.07, 6.45) is 14.7. The van der Waals surface area contributed by atoms with Crippen LogP contribution < -0.4 is 16.0 Å². The summed E-state index contributed by atoms with van der Waals surface area (Å²) in [4.78, 5) is 38.3. The van der Waals surface area contributed by atoms with Crippen molar-refractivity contribution < 1.29 is 28.6 Å². The number of hydrogen-bond acceptors (Lipinski definition) is 6. The second-order valence-electron chi connectivity index (χ2n) is 13.5. The highest BCUT2D eigenvalue weighted by Crippen LogP contribution is 2.34. The number of hydrogen-bond donors (Lipinski definition) is 3. The van der Waals surface area contributed by atoms with E-state index in [1.54, 1.807) is 13.8 Å². The molecule has 0 aromatic heterocycles. The first kappa shape index (κ1) is 35.1. The van der Waals surface area contributed by atoms with Crippen LogP contribution in [0.5, 0.6) is 0 Å². The first-order chi connectivity index (χ1) is 19.2. The molecule has 3 atom stereocenters. The van der Waals surface area contributed by atoms with Gasteiger partial charge in [-0.25, -0.2) is 4.79 Å². The molecule has 3 N–H and O–H groups in total. The lowest BCUT2D eigenvalue weighted by Gasteiger charge is -2.44. The molecular weight excluding hydrogens is 522 g/mol. The van der Waals surface area contributed by atoms with Crippen molar-refractivity contribution >= 4 is 17.9 Å². The Labute approximate surface area is 248 Å². The third kappa shape index (κ3) is 13.2. The van der Waals surface area contributed by atoms with Gasteiger partial charge in [0, 0.05) is 17.5 Å². The van der Waals surface area contributed by atoms with Gasteiger partial charge >= 0.3 is 12.0 Å². The number of carbonyl (C=O) groups is 3. The van der Waals surface area contributed by atoms with Gasteiger partial charge in [0.2, 0.25) is 5.91 Å². The van der Waals surface area contributed by atoms with Gasteiger partial charge in [-0.3, -0.25) is 9.59 Å². The molecule has 1 saturated carbocycles. The van der Waals surface area contributed by atoms with Gasteiger partial charge in [-0.15, -0.1) is 0 Å². The summed E-state index contributed by atoms with van der Waals surface area (Å²) in [5.41, 5.74) is -0.797. The third-order valence-corrected chi connectivity index (χ3v) is 7.93. The Kier molecular flexibility index (Phi) is 14.1. The van der Waals surface area contributed by atoms with Gasteiger partial charge in [0.05, 0.1) is 19.1 Å². The molecule has 236 valence electrons. The molecule has 3 unspecified atom stereocenters. The van der Waals surface area contributed by atoms with Crippen molar-refractivity contribution in [1.82, 2.24) is 16.0 Å². The normalized spacial score (nSPS) is 24.0. The smallest absolute Gasteiger partial charge is 0.315 e. The first-order valence-corrected chi connectivity index (χ1v) is 15.7. The lowest BCUT2D eigenvalue weighted by Crippen LogP contribution is -2.56. The van der Waals surface area contributed by atoms with E-state index in [-0.39, 0.29) is 48.6 Å². The fourth-order valence-electron chi connectivity index (χ4n) is 5.43. The Bertz CT molecular complexity index is 869. The van der Waals surface area contributed by atoms with Gasteiger partial charge in [-0.1, -0.05) is 58.1 Å². The van der Waals surface area contributed by atoms with Crippen molar-refractivity contribution in [2.24, 2.45) is 5.41 Å². The lowest BCUT2D eigenvalue weighted by molar-refractivity contribution is -0.304. The SMILES string of the molecule is CC=CCCCCCCCC(C)(C)NC(=O)NC1CCCCC1OC(=O)CCNC(=O)C1OC(C)(C)OCC1(C)C. The lowest BCUT2D eigenvalue weighted by atomic mass is 9.85. The minimum atomic E-state index is -0.841. The van der Waals surface area contributed by atoms with Crippen LogP contribution in [0.3, 0.4) is 0 Å². The zero-order valence-corrected chi connectivity index (χ0v) is 26.7. The van der Waals surface area contributed by atoms with Crippen LogP contribution in [-0.4, -0.2) is 60.6 Å². The Hall–Kier alpha value is -2.13. The molecule has 1 heterocycles. The molecule has 2 fully saturated rings. The van der Waals surface area contributed by atoms with Crippen molar-refractivity contribution in [2.45, 2.75) is 155 Å². The minimum absolute atomic E-state index is 0.0521. The summed E-state index contributed by atoms with van der Waals surface area (Å²) in [6.45, 7) is 14.1. The molecule has 1 aliphatic carbocycles. The molecule has 0 radical (unpaired) electrons. The van der Waals surface area contributed by atoms with Gasteiger partial charge in [0.25, 0.3) is 0 Å². The maximum Gasteiger partial charge on any atom is 0.315 e. The monoisotopic (exact) mass is 579 g/mol. The van der Waals surface area contributed by atoms with E-state index in [4.69, 9.17) is 14.2 Å².